The number of aromatic nitrogens is 1. The molecule has 1 saturated carbocycles. The Morgan fingerprint density at radius 3 is 2.55 bits per heavy atom. The first-order valence-electron chi connectivity index (χ1n) is 17.6. The summed E-state index contributed by atoms with van der Waals surface area (Å²) in [5, 5.41) is 0.538. The van der Waals surface area contributed by atoms with Gasteiger partial charge in [0.1, 0.15) is 6.10 Å². The van der Waals surface area contributed by atoms with Crippen LogP contribution >= 0.6 is 11.3 Å². The van der Waals surface area contributed by atoms with Gasteiger partial charge in [0.15, 0.2) is 11.5 Å². The molecule has 0 radical (unpaired) electrons. The van der Waals surface area contributed by atoms with Crippen molar-refractivity contribution in [3.05, 3.63) is 103 Å². The number of allylic oxidation sites excluding steroid dienone is 2. The molecule has 0 unspecified atom stereocenters. The number of ketones is 1. The van der Waals surface area contributed by atoms with Gasteiger partial charge in [-0.05, 0) is 74.3 Å². The third kappa shape index (κ3) is 7.72. The number of hydrogen-bond acceptors (Lipinski definition) is 7. The lowest BCUT2D eigenvalue weighted by atomic mass is 9.90. The Morgan fingerprint density at radius 1 is 0.959 bits per heavy atom. The van der Waals surface area contributed by atoms with Gasteiger partial charge in [-0.25, -0.2) is 4.98 Å². The lowest BCUT2D eigenvalue weighted by molar-refractivity contribution is -0.143. The van der Waals surface area contributed by atoms with Crippen LogP contribution in [0.1, 0.15) is 63.4 Å². The van der Waals surface area contributed by atoms with E-state index in [4.69, 9.17) is 9.57 Å². The maximum atomic E-state index is 14.5. The Hall–Kier alpha value is -4.50. The Morgan fingerprint density at radius 2 is 1.73 bits per heavy atom. The van der Waals surface area contributed by atoms with Crippen molar-refractivity contribution in [1.82, 2.24) is 15.4 Å². The zero-order chi connectivity index (χ0) is 33.6. The van der Waals surface area contributed by atoms with Gasteiger partial charge in [0, 0.05) is 18.8 Å². The molecule has 1 aromatic heterocycles. The molecule has 3 heterocycles. The number of nitrogens with one attached hydrogen (secondary N) is 1. The number of thiazole rings is 1. The molecule has 7 rings (SSSR count). The highest BCUT2D eigenvalue weighted by Gasteiger charge is 2.61. The number of para-hydroxylation sites is 2. The Bertz CT molecular complexity index is 1760. The van der Waals surface area contributed by atoms with Crippen LogP contribution in [0.15, 0.2) is 97.1 Å². The van der Waals surface area contributed by atoms with E-state index in [1.807, 2.05) is 60.7 Å². The highest BCUT2D eigenvalue weighted by Crippen LogP contribution is 2.57. The first kappa shape index (κ1) is 33.0. The molecule has 1 aliphatic carbocycles. The minimum absolute atomic E-state index is 0.0101. The number of fused-ring (bicyclic) bond motifs is 3. The molecule has 0 spiro atoms. The van der Waals surface area contributed by atoms with Crippen LogP contribution in [-0.2, 0) is 20.8 Å². The number of amides is 2. The van der Waals surface area contributed by atoms with Crippen LogP contribution in [-0.4, -0.2) is 46.2 Å². The van der Waals surface area contributed by atoms with Crippen LogP contribution < -0.4 is 15.1 Å². The minimum atomic E-state index is -0.921. The summed E-state index contributed by atoms with van der Waals surface area (Å²) in [6.45, 7) is 0.312. The maximum Gasteiger partial charge on any atom is 0.274 e. The molecular weight excluding hydrogens is 635 g/mol. The minimum Gasteiger partial charge on any atom is -0.465 e. The molecule has 2 fully saturated rings. The van der Waals surface area contributed by atoms with E-state index in [0.29, 0.717) is 30.3 Å². The van der Waals surface area contributed by atoms with Gasteiger partial charge in [-0.15, -0.1) is 0 Å². The molecule has 2 aliphatic heterocycles. The normalized spacial score (nSPS) is 26.6. The van der Waals surface area contributed by atoms with Crippen molar-refractivity contribution in [2.75, 3.05) is 6.54 Å². The van der Waals surface area contributed by atoms with E-state index in [9.17, 15) is 14.4 Å². The molecule has 3 aliphatic rings. The third-order valence-corrected chi connectivity index (χ3v) is 11.2. The highest BCUT2D eigenvalue weighted by molar-refractivity contribution is 7.20. The summed E-state index contributed by atoms with van der Waals surface area (Å²) < 4.78 is 7.44. The molecule has 0 bridgehead atoms. The molecule has 254 valence electrons. The van der Waals surface area contributed by atoms with Crippen molar-refractivity contribution >= 4 is 39.2 Å². The Labute approximate surface area is 291 Å². The second-order valence-electron chi connectivity index (χ2n) is 13.7. The monoisotopic (exact) mass is 677 g/mol. The van der Waals surface area contributed by atoms with Gasteiger partial charge in [-0.3, -0.25) is 14.4 Å². The number of rotatable bonds is 8. The van der Waals surface area contributed by atoms with Crippen LogP contribution in [0, 0.1) is 17.3 Å². The molecule has 5 atom stereocenters. The van der Waals surface area contributed by atoms with Gasteiger partial charge in [-0.1, -0.05) is 97.0 Å². The predicted octanol–water partition coefficient (Wildman–Crippen LogP) is 7.49. The second kappa shape index (κ2) is 14.9. The number of hydrogen-bond donors (Lipinski definition) is 1. The first-order chi connectivity index (χ1) is 24.0. The van der Waals surface area contributed by atoms with Crippen molar-refractivity contribution in [3.63, 3.8) is 0 Å². The molecule has 49 heavy (non-hydrogen) atoms. The lowest BCUT2D eigenvalue weighted by Crippen LogP contribution is -2.46. The van der Waals surface area contributed by atoms with E-state index in [2.05, 4.69) is 34.7 Å². The summed E-state index contributed by atoms with van der Waals surface area (Å²) in [5.74, 6) is -0.153. The average molecular weight is 678 g/mol. The molecule has 1 N–H and O–H groups in total. The highest BCUT2D eigenvalue weighted by atomic mass is 32.1. The molecular formula is C40H43N3O5S. The van der Waals surface area contributed by atoms with Gasteiger partial charge in [0.05, 0.1) is 28.2 Å². The van der Waals surface area contributed by atoms with Crippen molar-refractivity contribution in [3.8, 4) is 10.9 Å². The van der Waals surface area contributed by atoms with Crippen LogP contribution in [0.25, 0.3) is 10.2 Å². The van der Waals surface area contributed by atoms with Gasteiger partial charge in [-0.2, -0.15) is 5.48 Å². The van der Waals surface area contributed by atoms with Crippen LogP contribution in [0.2, 0.25) is 0 Å². The van der Waals surface area contributed by atoms with Gasteiger partial charge in [0.25, 0.3) is 11.1 Å². The second-order valence-corrected chi connectivity index (χ2v) is 14.7. The molecule has 3 aromatic carbocycles. The summed E-state index contributed by atoms with van der Waals surface area (Å²) in [6, 6.07) is 26.6. The number of hydroxylamine groups is 1. The van der Waals surface area contributed by atoms with Crippen molar-refractivity contribution < 1.29 is 24.0 Å². The molecule has 8 nitrogen and oxygen atoms in total. The summed E-state index contributed by atoms with van der Waals surface area (Å²) in [5.41, 5.74) is 3.78. The summed E-state index contributed by atoms with van der Waals surface area (Å²) in [7, 11) is 0. The maximum absolute atomic E-state index is 14.5. The predicted molar refractivity (Wildman–Crippen MR) is 190 cm³/mol. The van der Waals surface area contributed by atoms with Crippen LogP contribution in [0.3, 0.4) is 0 Å². The number of benzene rings is 3. The van der Waals surface area contributed by atoms with Gasteiger partial charge >= 0.3 is 0 Å². The number of Topliss-reactive ketones (excluding diaryl/α,β-unsaturated/α-hetero) is 1. The topological polar surface area (TPSA) is 97.8 Å². The number of carbonyl (C=O) groups excluding carboxylic acids is 3. The zero-order valence-corrected chi connectivity index (χ0v) is 28.5. The first-order valence-corrected chi connectivity index (χ1v) is 18.4. The largest absolute Gasteiger partial charge is 0.465 e. The molecule has 2 amide bonds. The lowest BCUT2D eigenvalue weighted by Gasteiger charge is -2.29. The zero-order valence-electron chi connectivity index (χ0n) is 27.7. The Balaban J connectivity index is 1.14. The van der Waals surface area contributed by atoms with Gasteiger partial charge in [0.2, 0.25) is 5.91 Å². The molecule has 4 aromatic rings. The van der Waals surface area contributed by atoms with E-state index in [1.54, 1.807) is 17.0 Å². The molecule has 9 heteroatoms. The van der Waals surface area contributed by atoms with Crippen molar-refractivity contribution in [2.45, 2.75) is 76.4 Å². The fourth-order valence-corrected chi connectivity index (χ4v) is 8.31. The van der Waals surface area contributed by atoms with E-state index in [0.717, 1.165) is 55.2 Å². The van der Waals surface area contributed by atoms with Crippen molar-refractivity contribution in [1.29, 1.82) is 0 Å². The fourth-order valence-electron chi connectivity index (χ4n) is 7.43. The van der Waals surface area contributed by atoms with Crippen molar-refractivity contribution in [2.24, 2.45) is 17.3 Å². The SMILES string of the molecule is O=C1C[C@]2(C(=O)NOc3ccccc3)C[C@@H]2/C=C\CCCCC[C@H](CCc2ccccc2)C(=O)N2C[C@H](Oc3nc4ccccc4s3)C[C@@H]12. The van der Waals surface area contributed by atoms with E-state index < -0.39 is 11.5 Å². The Kier molecular flexibility index (Phi) is 10.1. The fraction of sp³-hybridized carbons (Fsp3) is 0.400. The van der Waals surface area contributed by atoms with E-state index in [1.165, 1.54) is 16.9 Å². The summed E-state index contributed by atoms with van der Waals surface area (Å²) >= 11 is 1.47. The number of nitrogens with zero attached hydrogens (tertiary/aromatic N) is 2. The summed E-state index contributed by atoms with van der Waals surface area (Å²) in [4.78, 5) is 54.8. The number of ether oxygens (including phenoxy) is 1. The van der Waals surface area contributed by atoms with Crippen LogP contribution in [0.4, 0.5) is 0 Å². The number of carbonyl (C=O) groups is 3. The van der Waals surface area contributed by atoms with E-state index in [-0.39, 0.29) is 42.0 Å². The third-order valence-electron chi connectivity index (χ3n) is 10.3. The summed E-state index contributed by atoms with van der Waals surface area (Å²) in [6.07, 6.45) is 11.0. The van der Waals surface area contributed by atoms with E-state index >= 15 is 0 Å². The number of aryl methyl sites for hydroxylation is 1. The van der Waals surface area contributed by atoms with Crippen LogP contribution in [0.5, 0.6) is 10.9 Å². The smallest absolute Gasteiger partial charge is 0.274 e. The van der Waals surface area contributed by atoms with Gasteiger partial charge < -0.3 is 14.5 Å². The standard InChI is InChI=1S/C40H43N3O5S/c44-35-26-40(38(46)42-48-31-18-10-5-11-19-31)25-30(40)17-9-3-1-2-8-16-29(23-22-28-14-6-4-7-15-28)37(45)43-27-32(24-34(35)43)47-39-41-33-20-12-13-21-36(33)49-39/h4-7,9-15,17-21,29-30,32,34H,1-3,8,16,22-27H2,(H,42,46)/b17-9-/t29-,30+,32-,34+,40-/m1/s1. The molecule has 1 saturated heterocycles. The average Bonchev–Trinajstić information content (AvgIpc) is 3.43. The quantitative estimate of drug-likeness (QED) is 0.153.